The Morgan fingerprint density at radius 3 is 2.23 bits per heavy atom. The van der Waals surface area contributed by atoms with Crippen LogP contribution in [0.3, 0.4) is 0 Å². The van der Waals surface area contributed by atoms with Gasteiger partial charge < -0.3 is 10.1 Å². The van der Waals surface area contributed by atoms with E-state index >= 15 is 0 Å². The molecule has 4 aromatic rings. The second-order valence-electron chi connectivity index (χ2n) is 7.53. The Morgan fingerprint density at radius 2 is 1.57 bits per heavy atom. The molecule has 0 saturated heterocycles. The Labute approximate surface area is 176 Å². The van der Waals surface area contributed by atoms with Crippen molar-refractivity contribution in [3.8, 4) is 17.0 Å². The zero-order valence-corrected chi connectivity index (χ0v) is 17.6. The van der Waals surface area contributed by atoms with E-state index in [0.717, 1.165) is 44.7 Å². The first-order valence-corrected chi connectivity index (χ1v) is 9.89. The van der Waals surface area contributed by atoms with Crippen LogP contribution in [0.5, 0.6) is 5.75 Å². The molecule has 30 heavy (non-hydrogen) atoms. The second-order valence-corrected chi connectivity index (χ2v) is 7.53. The predicted octanol–water partition coefficient (Wildman–Crippen LogP) is 6.09. The molecule has 1 N–H and O–H groups in total. The fourth-order valence-electron chi connectivity index (χ4n) is 3.83. The van der Waals surface area contributed by atoms with Crippen molar-refractivity contribution < 1.29 is 9.53 Å². The van der Waals surface area contributed by atoms with E-state index in [2.05, 4.69) is 24.4 Å². The van der Waals surface area contributed by atoms with E-state index in [1.54, 1.807) is 7.11 Å². The Bertz CT molecular complexity index is 1220. The maximum Gasteiger partial charge on any atom is 0.256 e. The summed E-state index contributed by atoms with van der Waals surface area (Å²) in [6, 6.07) is 21.4. The van der Waals surface area contributed by atoms with Crippen LogP contribution >= 0.6 is 0 Å². The van der Waals surface area contributed by atoms with Gasteiger partial charge in [0, 0.05) is 16.6 Å². The number of benzene rings is 3. The summed E-state index contributed by atoms with van der Waals surface area (Å²) in [4.78, 5) is 18.1. The monoisotopic (exact) mass is 396 g/mol. The predicted molar refractivity (Wildman–Crippen MR) is 122 cm³/mol. The largest absolute Gasteiger partial charge is 0.497 e. The molecule has 1 aromatic heterocycles. The summed E-state index contributed by atoms with van der Waals surface area (Å²) in [5.74, 6) is 0.640. The molecule has 0 aliphatic carbocycles. The summed E-state index contributed by atoms with van der Waals surface area (Å²) in [5.41, 5.74) is 7.21. The Balaban J connectivity index is 1.80. The molecule has 0 fully saturated rings. The Hall–Kier alpha value is -3.66. The minimum absolute atomic E-state index is 0.140. The van der Waals surface area contributed by atoms with Gasteiger partial charge in [-0.3, -0.25) is 4.79 Å². The number of aryl methyl sites for hydroxylation is 3. The smallest absolute Gasteiger partial charge is 0.256 e. The van der Waals surface area contributed by atoms with Crippen LogP contribution in [0.4, 0.5) is 5.69 Å². The lowest BCUT2D eigenvalue weighted by Gasteiger charge is -2.15. The van der Waals surface area contributed by atoms with Gasteiger partial charge in [0.2, 0.25) is 0 Å². The first-order chi connectivity index (χ1) is 14.5. The number of carbonyl (C=O) groups excluding carboxylic acids is 1. The van der Waals surface area contributed by atoms with E-state index in [9.17, 15) is 4.79 Å². The molecular weight excluding hydrogens is 372 g/mol. The molecule has 4 rings (SSSR count). The van der Waals surface area contributed by atoms with Crippen molar-refractivity contribution in [2.75, 3.05) is 12.4 Å². The number of amides is 1. The number of rotatable bonds is 4. The molecule has 4 heteroatoms. The standard InChI is InChI=1S/C26H24N2O2/c1-16-13-17(2)25(18(3)14-16)28-26(29)22-15-24(19-9-11-20(30-4)12-10-19)27-23-8-6-5-7-21(22)23/h5-15H,1-4H3,(H,28,29). The van der Waals surface area contributed by atoms with Gasteiger partial charge in [-0.05, 0) is 68.3 Å². The third kappa shape index (κ3) is 3.77. The lowest BCUT2D eigenvalue weighted by molar-refractivity contribution is 0.102. The van der Waals surface area contributed by atoms with E-state index in [1.165, 1.54) is 5.56 Å². The average Bonchev–Trinajstić information content (AvgIpc) is 2.75. The molecule has 4 nitrogen and oxygen atoms in total. The maximum absolute atomic E-state index is 13.3. The van der Waals surface area contributed by atoms with Crippen LogP contribution in [0.2, 0.25) is 0 Å². The normalized spacial score (nSPS) is 10.8. The molecular formula is C26H24N2O2. The third-order valence-electron chi connectivity index (χ3n) is 5.26. The van der Waals surface area contributed by atoms with Gasteiger partial charge in [-0.15, -0.1) is 0 Å². The van der Waals surface area contributed by atoms with E-state index in [1.807, 2.05) is 68.4 Å². The highest BCUT2D eigenvalue weighted by Gasteiger charge is 2.16. The van der Waals surface area contributed by atoms with Crippen LogP contribution in [0.25, 0.3) is 22.2 Å². The molecule has 0 saturated carbocycles. The number of anilines is 1. The van der Waals surface area contributed by atoms with Gasteiger partial charge in [0.15, 0.2) is 0 Å². The number of carbonyl (C=O) groups is 1. The minimum Gasteiger partial charge on any atom is -0.497 e. The van der Waals surface area contributed by atoms with Gasteiger partial charge in [0.1, 0.15) is 5.75 Å². The fourth-order valence-corrected chi connectivity index (χ4v) is 3.83. The zero-order chi connectivity index (χ0) is 21.3. The Morgan fingerprint density at radius 1 is 0.900 bits per heavy atom. The van der Waals surface area contributed by atoms with Gasteiger partial charge in [-0.1, -0.05) is 35.9 Å². The highest BCUT2D eigenvalue weighted by molar-refractivity contribution is 6.13. The molecule has 0 aliphatic rings. The summed E-state index contributed by atoms with van der Waals surface area (Å²) < 4.78 is 5.25. The number of nitrogens with one attached hydrogen (secondary N) is 1. The van der Waals surface area contributed by atoms with Crippen molar-refractivity contribution in [1.29, 1.82) is 0 Å². The van der Waals surface area contributed by atoms with Crippen molar-refractivity contribution in [3.05, 3.63) is 89.0 Å². The third-order valence-corrected chi connectivity index (χ3v) is 5.26. The first-order valence-electron chi connectivity index (χ1n) is 9.89. The SMILES string of the molecule is COc1ccc(-c2cc(C(=O)Nc3c(C)cc(C)cc3C)c3ccccc3n2)cc1. The number of hydrogen-bond acceptors (Lipinski definition) is 3. The van der Waals surface area contributed by atoms with Gasteiger partial charge in [0.05, 0.1) is 23.9 Å². The van der Waals surface area contributed by atoms with Crippen molar-refractivity contribution in [3.63, 3.8) is 0 Å². The molecule has 0 atom stereocenters. The zero-order valence-electron chi connectivity index (χ0n) is 17.6. The number of aromatic nitrogens is 1. The van der Waals surface area contributed by atoms with Crippen LogP contribution in [-0.4, -0.2) is 18.0 Å². The summed E-state index contributed by atoms with van der Waals surface area (Å²) >= 11 is 0. The van der Waals surface area contributed by atoms with Crippen molar-refractivity contribution in [1.82, 2.24) is 4.98 Å². The molecule has 0 bridgehead atoms. The van der Waals surface area contributed by atoms with Gasteiger partial charge in [0.25, 0.3) is 5.91 Å². The first kappa shape index (κ1) is 19.6. The van der Waals surface area contributed by atoms with Crippen LogP contribution in [0, 0.1) is 20.8 Å². The summed E-state index contributed by atoms with van der Waals surface area (Å²) in [6.45, 7) is 6.09. The summed E-state index contributed by atoms with van der Waals surface area (Å²) in [7, 11) is 1.64. The molecule has 0 aliphatic heterocycles. The Kier molecular flexibility index (Phi) is 5.23. The molecule has 1 amide bonds. The van der Waals surface area contributed by atoms with E-state index in [0.29, 0.717) is 5.56 Å². The molecule has 150 valence electrons. The summed E-state index contributed by atoms with van der Waals surface area (Å²) in [5, 5.41) is 3.95. The summed E-state index contributed by atoms with van der Waals surface area (Å²) in [6.07, 6.45) is 0. The minimum atomic E-state index is -0.140. The second kappa shape index (κ2) is 7.99. The quantitative estimate of drug-likeness (QED) is 0.454. The van der Waals surface area contributed by atoms with Gasteiger partial charge >= 0.3 is 0 Å². The molecule has 0 unspecified atom stereocenters. The number of nitrogens with zero attached hydrogens (tertiary/aromatic N) is 1. The fraction of sp³-hybridized carbons (Fsp3) is 0.154. The lowest BCUT2D eigenvalue weighted by Crippen LogP contribution is -2.15. The van der Waals surface area contributed by atoms with Gasteiger partial charge in [-0.25, -0.2) is 4.98 Å². The topological polar surface area (TPSA) is 51.2 Å². The number of ether oxygens (including phenoxy) is 1. The highest BCUT2D eigenvalue weighted by atomic mass is 16.5. The van der Waals surface area contributed by atoms with Crippen LogP contribution in [0.1, 0.15) is 27.0 Å². The lowest BCUT2D eigenvalue weighted by atomic mass is 10.0. The van der Waals surface area contributed by atoms with Crippen molar-refractivity contribution in [2.45, 2.75) is 20.8 Å². The van der Waals surface area contributed by atoms with E-state index in [4.69, 9.17) is 9.72 Å². The average molecular weight is 396 g/mol. The molecule has 0 spiro atoms. The van der Waals surface area contributed by atoms with Gasteiger partial charge in [-0.2, -0.15) is 0 Å². The van der Waals surface area contributed by atoms with Crippen LogP contribution in [-0.2, 0) is 0 Å². The van der Waals surface area contributed by atoms with Crippen LogP contribution < -0.4 is 10.1 Å². The number of para-hydroxylation sites is 1. The molecule has 0 radical (unpaired) electrons. The van der Waals surface area contributed by atoms with E-state index in [-0.39, 0.29) is 5.91 Å². The number of pyridine rings is 1. The van der Waals surface area contributed by atoms with Crippen LogP contribution in [0.15, 0.2) is 66.7 Å². The van der Waals surface area contributed by atoms with E-state index < -0.39 is 0 Å². The maximum atomic E-state index is 13.3. The van der Waals surface area contributed by atoms with Crippen molar-refractivity contribution in [2.24, 2.45) is 0 Å². The molecule has 3 aromatic carbocycles. The highest BCUT2D eigenvalue weighted by Crippen LogP contribution is 2.28. The number of hydrogen-bond donors (Lipinski definition) is 1. The molecule has 1 heterocycles. The van der Waals surface area contributed by atoms with Crippen molar-refractivity contribution >= 4 is 22.5 Å². The number of fused-ring (bicyclic) bond motifs is 1. The number of methoxy groups -OCH3 is 1.